The van der Waals surface area contributed by atoms with Gasteiger partial charge in [0.1, 0.15) is 11.6 Å². The van der Waals surface area contributed by atoms with Crippen molar-refractivity contribution in [1.82, 2.24) is 4.98 Å². The van der Waals surface area contributed by atoms with Gasteiger partial charge in [0.25, 0.3) is 0 Å². The van der Waals surface area contributed by atoms with Crippen molar-refractivity contribution in [3.05, 3.63) is 53.3 Å². The molecule has 106 valence electrons. The van der Waals surface area contributed by atoms with Crippen LogP contribution >= 0.6 is 0 Å². The maximum absolute atomic E-state index is 14.1. The maximum atomic E-state index is 14.1. The SMILES string of the molecule is COc1ccc(-c2[nH]c3c(C)ccc(F)c3c2C=O)cc1. The zero-order chi connectivity index (χ0) is 15.0. The number of rotatable bonds is 3. The quantitative estimate of drug-likeness (QED) is 0.735. The highest BCUT2D eigenvalue weighted by atomic mass is 19.1. The lowest BCUT2D eigenvalue weighted by Crippen LogP contribution is -1.87. The lowest BCUT2D eigenvalue weighted by molar-refractivity contribution is 0.112. The first-order chi connectivity index (χ1) is 10.2. The number of methoxy groups -OCH3 is 1. The Hall–Kier alpha value is -2.62. The number of hydrogen-bond acceptors (Lipinski definition) is 2. The summed E-state index contributed by atoms with van der Waals surface area (Å²) in [4.78, 5) is 14.6. The summed E-state index contributed by atoms with van der Waals surface area (Å²) in [6.45, 7) is 1.88. The number of aromatic nitrogens is 1. The summed E-state index contributed by atoms with van der Waals surface area (Å²) in [7, 11) is 1.59. The molecule has 2 aromatic carbocycles. The minimum Gasteiger partial charge on any atom is -0.497 e. The van der Waals surface area contributed by atoms with Gasteiger partial charge < -0.3 is 9.72 Å². The van der Waals surface area contributed by atoms with Crippen molar-refractivity contribution in [2.45, 2.75) is 6.92 Å². The Labute approximate surface area is 121 Å². The average molecular weight is 283 g/mol. The normalized spacial score (nSPS) is 10.8. The van der Waals surface area contributed by atoms with Crippen LogP contribution in [0.3, 0.4) is 0 Å². The number of aromatic amines is 1. The molecule has 0 radical (unpaired) electrons. The molecule has 0 aliphatic heterocycles. The van der Waals surface area contributed by atoms with Crippen LogP contribution in [0.4, 0.5) is 4.39 Å². The predicted molar refractivity (Wildman–Crippen MR) is 80.4 cm³/mol. The van der Waals surface area contributed by atoms with E-state index in [0.29, 0.717) is 28.4 Å². The molecule has 1 heterocycles. The summed E-state index contributed by atoms with van der Waals surface area (Å²) in [5, 5.41) is 0.343. The van der Waals surface area contributed by atoms with E-state index in [0.717, 1.165) is 16.9 Å². The Balaban J connectivity index is 2.29. The van der Waals surface area contributed by atoms with Crippen LogP contribution in [0.2, 0.25) is 0 Å². The smallest absolute Gasteiger partial charge is 0.152 e. The second-order valence-electron chi connectivity index (χ2n) is 4.87. The molecule has 0 aliphatic rings. The van der Waals surface area contributed by atoms with E-state index in [2.05, 4.69) is 4.98 Å². The molecular weight excluding hydrogens is 269 g/mol. The molecule has 1 aromatic heterocycles. The van der Waals surface area contributed by atoms with E-state index in [1.165, 1.54) is 6.07 Å². The average Bonchev–Trinajstić information content (AvgIpc) is 2.92. The number of carbonyl (C=O) groups is 1. The molecule has 3 aromatic rings. The Kier molecular flexibility index (Phi) is 3.22. The summed E-state index contributed by atoms with van der Waals surface area (Å²) >= 11 is 0. The molecule has 0 amide bonds. The van der Waals surface area contributed by atoms with E-state index < -0.39 is 5.82 Å². The van der Waals surface area contributed by atoms with Gasteiger partial charge in [0, 0.05) is 5.39 Å². The fraction of sp³-hybridized carbons (Fsp3) is 0.118. The van der Waals surface area contributed by atoms with Crippen LogP contribution < -0.4 is 4.74 Å². The zero-order valence-corrected chi connectivity index (χ0v) is 11.7. The summed E-state index contributed by atoms with van der Waals surface area (Å²) < 4.78 is 19.2. The van der Waals surface area contributed by atoms with Crippen LogP contribution in [-0.4, -0.2) is 18.4 Å². The number of fused-ring (bicyclic) bond motifs is 1. The van der Waals surface area contributed by atoms with Crippen LogP contribution in [0.15, 0.2) is 36.4 Å². The summed E-state index contributed by atoms with van der Waals surface area (Å²) in [6.07, 6.45) is 0.695. The molecule has 0 bridgehead atoms. The molecular formula is C17H14FNO2. The van der Waals surface area contributed by atoms with Gasteiger partial charge in [-0.15, -0.1) is 0 Å². The van der Waals surface area contributed by atoms with Crippen LogP contribution in [0, 0.1) is 12.7 Å². The Morgan fingerprint density at radius 1 is 1.14 bits per heavy atom. The van der Waals surface area contributed by atoms with Crippen LogP contribution in [0.25, 0.3) is 22.2 Å². The molecule has 0 saturated heterocycles. The fourth-order valence-electron chi connectivity index (χ4n) is 2.53. The van der Waals surface area contributed by atoms with Gasteiger partial charge in [-0.05, 0) is 48.4 Å². The monoisotopic (exact) mass is 283 g/mol. The lowest BCUT2D eigenvalue weighted by atomic mass is 10.0. The van der Waals surface area contributed by atoms with Gasteiger partial charge in [-0.3, -0.25) is 4.79 Å². The number of benzene rings is 2. The van der Waals surface area contributed by atoms with Gasteiger partial charge in [-0.2, -0.15) is 0 Å². The topological polar surface area (TPSA) is 42.1 Å². The van der Waals surface area contributed by atoms with Crippen LogP contribution in [0.5, 0.6) is 5.75 Å². The van der Waals surface area contributed by atoms with Gasteiger partial charge in [-0.1, -0.05) is 6.07 Å². The zero-order valence-electron chi connectivity index (χ0n) is 11.7. The number of H-pyrrole nitrogens is 1. The van der Waals surface area contributed by atoms with Crippen LogP contribution in [0.1, 0.15) is 15.9 Å². The number of ether oxygens (including phenoxy) is 1. The first kappa shape index (κ1) is 13.4. The number of halogens is 1. The van der Waals surface area contributed by atoms with Gasteiger partial charge >= 0.3 is 0 Å². The first-order valence-corrected chi connectivity index (χ1v) is 6.56. The van der Waals surface area contributed by atoms with Crippen LogP contribution in [-0.2, 0) is 0 Å². The van der Waals surface area contributed by atoms with Gasteiger partial charge in [0.05, 0.1) is 23.9 Å². The van der Waals surface area contributed by atoms with E-state index in [1.807, 2.05) is 19.1 Å². The molecule has 0 saturated carbocycles. The molecule has 0 atom stereocenters. The van der Waals surface area contributed by atoms with E-state index >= 15 is 0 Å². The first-order valence-electron chi connectivity index (χ1n) is 6.56. The molecule has 21 heavy (non-hydrogen) atoms. The molecule has 3 nitrogen and oxygen atoms in total. The standard InChI is InChI=1S/C17H14FNO2/c1-10-3-8-14(18)15-13(9-20)17(19-16(10)15)11-4-6-12(21-2)7-5-11/h3-9,19H,1-2H3. The maximum Gasteiger partial charge on any atom is 0.152 e. The molecule has 0 fully saturated rings. The number of aryl methyl sites for hydroxylation is 1. The highest BCUT2D eigenvalue weighted by Gasteiger charge is 2.17. The van der Waals surface area contributed by atoms with Crippen molar-refractivity contribution in [2.75, 3.05) is 7.11 Å². The number of nitrogens with one attached hydrogen (secondary N) is 1. The van der Waals surface area contributed by atoms with Crippen molar-refractivity contribution in [3.63, 3.8) is 0 Å². The molecule has 0 aliphatic carbocycles. The van der Waals surface area contributed by atoms with E-state index in [-0.39, 0.29) is 0 Å². The van der Waals surface area contributed by atoms with Crippen molar-refractivity contribution < 1.29 is 13.9 Å². The van der Waals surface area contributed by atoms with E-state index in [4.69, 9.17) is 4.74 Å². The highest BCUT2D eigenvalue weighted by Crippen LogP contribution is 2.33. The van der Waals surface area contributed by atoms with Gasteiger partial charge in [0.15, 0.2) is 6.29 Å². The number of aldehydes is 1. The van der Waals surface area contributed by atoms with Crippen molar-refractivity contribution in [1.29, 1.82) is 0 Å². The molecule has 0 unspecified atom stereocenters. The highest BCUT2D eigenvalue weighted by molar-refractivity contribution is 6.05. The number of hydrogen-bond donors (Lipinski definition) is 1. The third-order valence-corrected chi connectivity index (χ3v) is 3.65. The van der Waals surface area contributed by atoms with E-state index in [1.54, 1.807) is 25.3 Å². The fourth-order valence-corrected chi connectivity index (χ4v) is 2.53. The lowest BCUT2D eigenvalue weighted by Gasteiger charge is -2.02. The number of carbonyl (C=O) groups excluding carboxylic acids is 1. The summed E-state index contributed by atoms with van der Waals surface area (Å²) in [6, 6.07) is 10.4. The molecule has 0 spiro atoms. The second kappa shape index (κ2) is 5.05. The molecule has 3 rings (SSSR count). The van der Waals surface area contributed by atoms with Crippen molar-refractivity contribution >= 4 is 17.2 Å². The minimum atomic E-state index is -0.395. The van der Waals surface area contributed by atoms with E-state index in [9.17, 15) is 9.18 Å². The third kappa shape index (κ3) is 2.09. The van der Waals surface area contributed by atoms with Gasteiger partial charge in [0.2, 0.25) is 0 Å². The minimum absolute atomic E-state index is 0.343. The van der Waals surface area contributed by atoms with Gasteiger partial charge in [-0.25, -0.2) is 4.39 Å². The molecule has 1 N–H and O–H groups in total. The van der Waals surface area contributed by atoms with Crippen molar-refractivity contribution in [2.24, 2.45) is 0 Å². The van der Waals surface area contributed by atoms with Crippen molar-refractivity contribution in [3.8, 4) is 17.0 Å². The Morgan fingerprint density at radius 2 is 1.86 bits per heavy atom. The third-order valence-electron chi connectivity index (χ3n) is 3.65. The second-order valence-corrected chi connectivity index (χ2v) is 4.87. The Morgan fingerprint density at radius 3 is 2.48 bits per heavy atom. The Bertz CT molecular complexity index is 819. The predicted octanol–water partition coefficient (Wildman–Crippen LogP) is 4.10. The molecule has 4 heteroatoms. The summed E-state index contributed by atoms with van der Waals surface area (Å²) in [5.74, 6) is 0.332. The summed E-state index contributed by atoms with van der Waals surface area (Å²) in [5.41, 5.74) is 3.33. The largest absolute Gasteiger partial charge is 0.497 e.